The van der Waals surface area contributed by atoms with Gasteiger partial charge in [-0.15, -0.1) is 0 Å². The van der Waals surface area contributed by atoms with E-state index in [9.17, 15) is 0 Å². The average molecular weight is 251 g/mol. The van der Waals surface area contributed by atoms with Gasteiger partial charge in [-0.1, -0.05) is 20.8 Å². The first kappa shape index (κ1) is 14.6. The lowest BCUT2D eigenvalue weighted by Gasteiger charge is -2.33. The maximum atomic E-state index is 5.75. The topological polar surface area (TPSA) is 60.2 Å². The molecule has 0 amide bonds. The van der Waals surface area contributed by atoms with E-state index in [-0.39, 0.29) is 11.0 Å². The van der Waals surface area contributed by atoms with Crippen molar-refractivity contribution in [3.05, 3.63) is 12.1 Å². The lowest BCUT2D eigenvalue weighted by Crippen LogP contribution is -2.35. The second-order valence-corrected chi connectivity index (χ2v) is 6.54. The van der Waals surface area contributed by atoms with Gasteiger partial charge in [0.1, 0.15) is 5.82 Å². The van der Waals surface area contributed by atoms with Crippen LogP contribution < -0.4 is 15.8 Å². The summed E-state index contributed by atoms with van der Waals surface area (Å²) in [5.74, 6) is 1.25. The summed E-state index contributed by atoms with van der Waals surface area (Å²) in [6, 6.07) is 3.68. The first-order valence-corrected chi connectivity index (χ1v) is 6.22. The zero-order chi connectivity index (χ0) is 14.0. The van der Waals surface area contributed by atoms with Crippen LogP contribution in [0.4, 0.5) is 11.5 Å². The fraction of sp³-hybridized carbons (Fsp3) is 0.643. The summed E-state index contributed by atoms with van der Waals surface area (Å²) >= 11 is 0. The van der Waals surface area contributed by atoms with Gasteiger partial charge in [0.05, 0.1) is 12.8 Å². The van der Waals surface area contributed by atoms with Gasteiger partial charge in [0.2, 0.25) is 5.88 Å². The Morgan fingerprint density at radius 3 is 2.33 bits per heavy atom. The van der Waals surface area contributed by atoms with Gasteiger partial charge < -0.3 is 15.8 Å². The third-order valence-electron chi connectivity index (χ3n) is 2.52. The molecule has 0 aliphatic rings. The number of rotatable bonds is 4. The normalized spacial score (nSPS) is 12.3. The van der Waals surface area contributed by atoms with Crippen LogP contribution in [0.2, 0.25) is 0 Å². The number of nitrogen functional groups attached to an aromatic ring is 1. The predicted octanol–water partition coefficient (Wildman–Crippen LogP) is 3.30. The van der Waals surface area contributed by atoms with Crippen LogP contribution in [-0.2, 0) is 0 Å². The van der Waals surface area contributed by atoms with E-state index in [1.165, 1.54) is 0 Å². The van der Waals surface area contributed by atoms with Crippen molar-refractivity contribution in [3.63, 3.8) is 0 Å². The molecule has 0 atom stereocenters. The molecule has 0 aliphatic carbocycles. The number of nitrogens with zero attached hydrogens (tertiary/aromatic N) is 1. The van der Waals surface area contributed by atoms with Gasteiger partial charge in [-0.3, -0.25) is 0 Å². The number of hydrogen-bond acceptors (Lipinski definition) is 4. The molecule has 1 aromatic rings. The van der Waals surface area contributed by atoms with Crippen molar-refractivity contribution in [2.75, 3.05) is 18.2 Å². The van der Waals surface area contributed by atoms with Gasteiger partial charge in [0.25, 0.3) is 0 Å². The molecule has 4 nitrogen and oxygen atoms in total. The van der Waals surface area contributed by atoms with Crippen LogP contribution >= 0.6 is 0 Å². The minimum Gasteiger partial charge on any atom is -0.479 e. The van der Waals surface area contributed by atoms with E-state index in [1.807, 2.05) is 6.07 Å². The maximum Gasteiger partial charge on any atom is 0.238 e. The summed E-state index contributed by atoms with van der Waals surface area (Å²) in [6.07, 6.45) is 1.04. The quantitative estimate of drug-likeness (QED) is 0.862. The van der Waals surface area contributed by atoms with E-state index in [0.29, 0.717) is 11.6 Å². The SMILES string of the molecule is COc1nc(NC(C)(C)CC(C)(C)C)ccc1N. The molecule has 4 heteroatoms. The molecule has 3 N–H and O–H groups in total. The summed E-state index contributed by atoms with van der Waals surface area (Å²) in [6.45, 7) is 11.0. The van der Waals surface area contributed by atoms with E-state index in [1.54, 1.807) is 13.2 Å². The van der Waals surface area contributed by atoms with Crippen LogP contribution in [0.3, 0.4) is 0 Å². The number of ether oxygens (including phenoxy) is 1. The molecule has 102 valence electrons. The third kappa shape index (κ3) is 4.43. The van der Waals surface area contributed by atoms with Crippen LogP contribution in [-0.4, -0.2) is 17.6 Å². The Hall–Kier alpha value is -1.45. The summed E-state index contributed by atoms with van der Waals surface area (Å²) in [7, 11) is 1.57. The first-order valence-electron chi connectivity index (χ1n) is 6.22. The minimum absolute atomic E-state index is 0.0353. The Morgan fingerprint density at radius 1 is 1.22 bits per heavy atom. The molecule has 0 spiro atoms. The van der Waals surface area contributed by atoms with Crippen molar-refractivity contribution >= 4 is 11.5 Å². The molecule has 0 aromatic carbocycles. The number of nitrogens with one attached hydrogen (secondary N) is 1. The van der Waals surface area contributed by atoms with E-state index < -0.39 is 0 Å². The zero-order valence-corrected chi connectivity index (χ0v) is 12.3. The lowest BCUT2D eigenvalue weighted by atomic mass is 9.82. The number of hydrogen-bond donors (Lipinski definition) is 2. The third-order valence-corrected chi connectivity index (χ3v) is 2.52. The monoisotopic (exact) mass is 251 g/mol. The molecule has 1 aromatic heterocycles. The van der Waals surface area contributed by atoms with Crippen LogP contribution in [0.5, 0.6) is 5.88 Å². The van der Waals surface area contributed by atoms with Crippen molar-refractivity contribution < 1.29 is 4.74 Å². The highest BCUT2D eigenvalue weighted by Crippen LogP contribution is 2.30. The molecule has 0 aliphatic heterocycles. The van der Waals surface area contributed by atoms with Crippen molar-refractivity contribution in [1.82, 2.24) is 4.98 Å². The molecule has 0 radical (unpaired) electrons. The number of nitrogens with two attached hydrogens (primary N) is 1. The zero-order valence-electron chi connectivity index (χ0n) is 12.3. The van der Waals surface area contributed by atoms with Gasteiger partial charge in [-0.2, -0.15) is 4.98 Å². The molecule has 18 heavy (non-hydrogen) atoms. The molecule has 0 bridgehead atoms. The van der Waals surface area contributed by atoms with Crippen LogP contribution in [0.1, 0.15) is 41.0 Å². The second-order valence-electron chi connectivity index (χ2n) is 6.54. The molecule has 0 unspecified atom stereocenters. The molecular formula is C14H25N3O. The van der Waals surface area contributed by atoms with Crippen LogP contribution in [0.15, 0.2) is 12.1 Å². The fourth-order valence-electron chi connectivity index (χ4n) is 2.40. The number of methoxy groups -OCH3 is 1. The van der Waals surface area contributed by atoms with Gasteiger partial charge in [0, 0.05) is 5.54 Å². The Morgan fingerprint density at radius 2 is 1.83 bits per heavy atom. The van der Waals surface area contributed by atoms with Crippen molar-refractivity contribution in [2.24, 2.45) is 5.41 Å². The molecule has 0 saturated carbocycles. The maximum absolute atomic E-state index is 5.75. The molecule has 1 rings (SSSR count). The Balaban J connectivity index is 2.84. The van der Waals surface area contributed by atoms with E-state index in [0.717, 1.165) is 12.2 Å². The van der Waals surface area contributed by atoms with E-state index >= 15 is 0 Å². The summed E-state index contributed by atoms with van der Waals surface area (Å²) < 4.78 is 5.12. The molecule has 0 saturated heterocycles. The van der Waals surface area contributed by atoms with Gasteiger partial charge in [-0.05, 0) is 37.8 Å². The summed E-state index contributed by atoms with van der Waals surface area (Å²) in [4.78, 5) is 4.35. The Kier molecular flexibility index (Phi) is 4.09. The highest BCUT2D eigenvalue weighted by Gasteiger charge is 2.25. The molecular weight excluding hydrogens is 226 g/mol. The standard InChI is InChI=1S/C14H25N3O/c1-13(2,3)9-14(4,5)17-11-8-7-10(15)12(16-11)18-6/h7-8H,9,15H2,1-6H3,(H,16,17). The molecule has 1 heterocycles. The number of aromatic nitrogens is 1. The highest BCUT2D eigenvalue weighted by atomic mass is 16.5. The smallest absolute Gasteiger partial charge is 0.238 e. The van der Waals surface area contributed by atoms with Crippen molar-refractivity contribution in [1.29, 1.82) is 0 Å². The van der Waals surface area contributed by atoms with Crippen LogP contribution in [0, 0.1) is 5.41 Å². The van der Waals surface area contributed by atoms with E-state index in [4.69, 9.17) is 10.5 Å². The van der Waals surface area contributed by atoms with Gasteiger partial charge >= 0.3 is 0 Å². The average Bonchev–Trinajstić information content (AvgIpc) is 2.16. The van der Waals surface area contributed by atoms with Crippen molar-refractivity contribution in [3.8, 4) is 5.88 Å². The largest absolute Gasteiger partial charge is 0.479 e. The molecule has 0 fully saturated rings. The fourth-order valence-corrected chi connectivity index (χ4v) is 2.40. The van der Waals surface area contributed by atoms with Crippen molar-refractivity contribution in [2.45, 2.75) is 46.6 Å². The summed E-state index contributed by atoms with van der Waals surface area (Å²) in [5.41, 5.74) is 6.53. The highest BCUT2D eigenvalue weighted by molar-refractivity contribution is 5.54. The minimum atomic E-state index is -0.0353. The van der Waals surface area contributed by atoms with Gasteiger partial charge in [-0.25, -0.2) is 0 Å². The second kappa shape index (κ2) is 5.04. The van der Waals surface area contributed by atoms with E-state index in [2.05, 4.69) is 44.9 Å². The van der Waals surface area contributed by atoms with Crippen LogP contribution in [0.25, 0.3) is 0 Å². The predicted molar refractivity (Wildman–Crippen MR) is 77.0 cm³/mol. The lowest BCUT2D eigenvalue weighted by molar-refractivity contribution is 0.301. The first-order chi connectivity index (χ1) is 8.13. The summed E-state index contributed by atoms with van der Waals surface area (Å²) in [5, 5.41) is 3.43. The Bertz CT molecular complexity index is 408. The van der Waals surface area contributed by atoms with Gasteiger partial charge in [0.15, 0.2) is 0 Å². The number of anilines is 2. The number of pyridine rings is 1. The Labute approximate surface area is 110 Å².